The number of nitrogens with zero attached hydrogens (tertiary/aromatic N) is 2. The zero-order chi connectivity index (χ0) is 16.2. The Morgan fingerprint density at radius 1 is 1.44 bits per heavy atom. The second-order valence-electron chi connectivity index (χ2n) is 5.41. The number of carbonyl (C=O) groups excluding carboxylic acids is 1. The van der Waals surface area contributed by atoms with Crippen LogP contribution in [0.25, 0.3) is 0 Å². The molecular formula is C16H22Cl2N4O2S. The van der Waals surface area contributed by atoms with Crippen LogP contribution in [0.3, 0.4) is 0 Å². The minimum Gasteiger partial charge on any atom is -0.495 e. The van der Waals surface area contributed by atoms with Crippen molar-refractivity contribution in [3.8, 4) is 5.75 Å². The summed E-state index contributed by atoms with van der Waals surface area (Å²) in [6.45, 7) is 2.01. The van der Waals surface area contributed by atoms with E-state index in [1.165, 1.54) is 11.3 Å². The molecule has 1 aliphatic heterocycles. The number of rotatable bonds is 5. The van der Waals surface area contributed by atoms with E-state index in [9.17, 15) is 4.79 Å². The van der Waals surface area contributed by atoms with E-state index in [2.05, 4.69) is 15.2 Å². The molecule has 2 heterocycles. The predicted octanol–water partition coefficient (Wildman–Crippen LogP) is 2.46. The summed E-state index contributed by atoms with van der Waals surface area (Å²) in [5.74, 6) is 0.722. The average Bonchev–Trinajstić information content (AvgIpc) is 3.24. The maximum atomic E-state index is 12.2. The van der Waals surface area contributed by atoms with E-state index in [0.29, 0.717) is 12.2 Å². The number of nitrogens with one attached hydrogen (secondary N) is 1. The number of ether oxygens (including phenoxy) is 1. The summed E-state index contributed by atoms with van der Waals surface area (Å²) in [4.78, 5) is 18.7. The van der Waals surface area contributed by atoms with Gasteiger partial charge in [0, 0.05) is 31.1 Å². The Balaban J connectivity index is 0.00000156. The topological polar surface area (TPSA) is 80.5 Å². The third-order valence-electron chi connectivity index (χ3n) is 3.91. The lowest BCUT2D eigenvalue weighted by molar-refractivity contribution is 0.0936. The Morgan fingerprint density at radius 3 is 2.88 bits per heavy atom. The molecule has 3 N–H and O–H groups in total. The van der Waals surface area contributed by atoms with Gasteiger partial charge in [0.05, 0.1) is 12.8 Å². The number of methoxy groups -OCH3 is 1. The smallest absolute Gasteiger partial charge is 0.271 e. The monoisotopic (exact) mass is 404 g/mol. The molecule has 1 aromatic carbocycles. The first kappa shape index (κ1) is 21.5. The SMILES string of the molecule is COc1ccccc1N1CCC(NC(=O)c2csc(CN)n2)C1.Cl.Cl. The number of para-hydroxylation sites is 2. The summed E-state index contributed by atoms with van der Waals surface area (Å²) in [6.07, 6.45) is 0.900. The minimum absolute atomic E-state index is 0. The van der Waals surface area contributed by atoms with E-state index in [-0.39, 0.29) is 36.8 Å². The van der Waals surface area contributed by atoms with Gasteiger partial charge < -0.3 is 20.7 Å². The molecule has 0 saturated carbocycles. The lowest BCUT2D eigenvalue weighted by Crippen LogP contribution is -2.37. The molecule has 0 bridgehead atoms. The number of carbonyl (C=O) groups is 1. The van der Waals surface area contributed by atoms with Crippen LogP contribution in [0.15, 0.2) is 29.6 Å². The molecule has 1 atom stereocenters. The zero-order valence-electron chi connectivity index (χ0n) is 13.8. The van der Waals surface area contributed by atoms with Crippen molar-refractivity contribution in [3.63, 3.8) is 0 Å². The quantitative estimate of drug-likeness (QED) is 0.799. The Kier molecular flexibility index (Phi) is 8.44. The molecule has 1 fully saturated rings. The third kappa shape index (κ3) is 4.98. The molecule has 1 aromatic heterocycles. The van der Waals surface area contributed by atoms with Gasteiger partial charge in [-0.05, 0) is 18.6 Å². The highest BCUT2D eigenvalue weighted by Crippen LogP contribution is 2.30. The molecule has 1 amide bonds. The third-order valence-corrected chi connectivity index (χ3v) is 4.78. The van der Waals surface area contributed by atoms with Gasteiger partial charge in [0.2, 0.25) is 0 Å². The van der Waals surface area contributed by atoms with Crippen molar-refractivity contribution >= 4 is 47.7 Å². The maximum Gasteiger partial charge on any atom is 0.271 e. The minimum atomic E-state index is -0.132. The summed E-state index contributed by atoms with van der Waals surface area (Å²) in [5, 5.41) is 5.58. The van der Waals surface area contributed by atoms with Gasteiger partial charge in [-0.25, -0.2) is 4.98 Å². The summed E-state index contributed by atoms with van der Waals surface area (Å²) in [7, 11) is 1.67. The average molecular weight is 405 g/mol. The van der Waals surface area contributed by atoms with Crippen LogP contribution in [0.2, 0.25) is 0 Å². The van der Waals surface area contributed by atoms with E-state index >= 15 is 0 Å². The van der Waals surface area contributed by atoms with Crippen molar-refractivity contribution in [1.82, 2.24) is 10.3 Å². The van der Waals surface area contributed by atoms with Gasteiger partial charge in [-0.1, -0.05) is 12.1 Å². The zero-order valence-corrected chi connectivity index (χ0v) is 16.3. The van der Waals surface area contributed by atoms with Crippen LogP contribution < -0.4 is 20.7 Å². The number of amides is 1. The number of thiazole rings is 1. The predicted molar refractivity (Wildman–Crippen MR) is 106 cm³/mol. The van der Waals surface area contributed by atoms with Crippen molar-refractivity contribution in [1.29, 1.82) is 0 Å². The molecule has 1 aliphatic rings. The highest BCUT2D eigenvalue weighted by atomic mass is 35.5. The molecule has 0 radical (unpaired) electrons. The Bertz CT molecular complexity index is 698. The molecule has 138 valence electrons. The van der Waals surface area contributed by atoms with Crippen molar-refractivity contribution in [2.24, 2.45) is 5.73 Å². The van der Waals surface area contributed by atoms with Crippen LogP contribution in [0, 0.1) is 0 Å². The van der Waals surface area contributed by atoms with Gasteiger partial charge in [-0.2, -0.15) is 0 Å². The van der Waals surface area contributed by atoms with Crippen LogP contribution in [0.5, 0.6) is 5.75 Å². The Labute approximate surface area is 163 Å². The van der Waals surface area contributed by atoms with Crippen molar-refractivity contribution in [3.05, 3.63) is 40.3 Å². The lowest BCUT2D eigenvalue weighted by Gasteiger charge is -2.21. The molecule has 1 saturated heterocycles. The van der Waals surface area contributed by atoms with Crippen molar-refractivity contribution in [2.75, 3.05) is 25.1 Å². The largest absolute Gasteiger partial charge is 0.495 e. The molecule has 6 nitrogen and oxygen atoms in total. The van der Waals surface area contributed by atoms with Gasteiger partial charge in [0.15, 0.2) is 0 Å². The highest BCUT2D eigenvalue weighted by Gasteiger charge is 2.26. The molecule has 0 spiro atoms. The van der Waals surface area contributed by atoms with Crippen LogP contribution in [-0.4, -0.2) is 37.1 Å². The molecule has 1 unspecified atom stereocenters. The number of anilines is 1. The molecule has 2 aromatic rings. The van der Waals surface area contributed by atoms with E-state index in [1.54, 1.807) is 12.5 Å². The van der Waals surface area contributed by atoms with E-state index in [0.717, 1.165) is 36.0 Å². The summed E-state index contributed by atoms with van der Waals surface area (Å²) in [5.41, 5.74) is 7.05. The Hall–Kier alpha value is -1.54. The fraction of sp³-hybridized carbons (Fsp3) is 0.375. The second kappa shape index (κ2) is 9.82. The number of hydrogen-bond donors (Lipinski definition) is 2. The number of hydrogen-bond acceptors (Lipinski definition) is 6. The first-order valence-corrected chi connectivity index (χ1v) is 8.42. The van der Waals surface area contributed by atoms with Crippen LogP contribution in [0.1, 0.15) is 21.9 Å². The van der Waals surface area contributed by atoms with E-state index < -0.39 is 0 Å². The number of benzene rings is 1. The van der Waals surface area contributed by atoms with Crippen molar-refractivity contribution in [2.45, 2.75) is 19.0 Å². The highest BCUT2D eigenvalue weighted by molar-refractivity contribution is 7.09. The Morgan fingerprint density at radius 2 is 2.20 bits per heavy atom. The summed E-state index contributed by atoms with van der Waals surface area (Å²) in [6, 6.07) is 8.04. The summed E-state index contributed by atoms with van der Waals surface area (Å²) >= 11 is 1.41. The standard InChI is InChI=1S/C16H20N4O2S.2ClH/c1-22-14-5-3-2-4-13(14)20-7-6-11(9-20)18-16(21)12-10-23-15(8-17)19-12;;/h2-5,10-11H,6-9,17H2,1H3,(H,18,21);2*1H. The molecule has 0 aliphatic carbocycles. The van der Waals surface area contributed by atoms with Gasteiger partial charge in [0.25, 0.3) is 5.91 Å². The fourth-order valence-corrected chi connectivity index (χ4v) is 3.41. The van der Waals surface area contributed by atoms with Crippen LogP contribution in [0.4, 0.5) is 5.69 Å². The van der Waals surface area contributed by atoms with Crippen molar-refractivity contribution < 1.29 is 9.53 Å². The van der Waals surface area contributed by atoms with E-state index in [4.69, 9.17) is 10.5 Å². The lowest BCUT2D eigenvalue weighted by atomic mass is 10.2. The van der Waals surface area contributed by atoms with Gasteiger partial charge in [0.1, 0.15) is 16.5 Å². The van der Waals surface area contributed by atoms with Gasteiger partial charge in [-0.3, -0.25) is 4.79 Å². The first-order valence-electron chi connectivity index (χ1n) is 7.54. The number of nitrogens with two attached hydrogens (primary N) is 1. The van der Waals surface area contributed by atoms with Crippen LogP contribution >= 0.6 is 36.2 Å². The van der Waals surface area contributed by atoms with E-state index in [1.807, 2.05) is 24.3 Å². The maximum absolute atomic E-state index is 12.2. The van der Waals surface area contributed by atoms with Crippen LogP contribution in [-0.2, 0) is 6.54 Å². The second-order valence-corrected chi connectivity index (χ2v) is 6.35. The molecular weight excluding hydrogens is 383 g/mol. The normalized spacial score (nSPS) is 15.9. The first-order chi connectivity index (χ1) is 11.2. The number of halogens is 2. The number of aromatic nitrogens is 1. The molecule has 25 heavy (non-hydrogen) atoms. The summed E-state index contributed by atoms with van der Waals surface area (Å²) < 4.78 is 5.41. The molecule has 3 rings (SSSR count). The fourth-order valence-electron chi connectivity index (χ4n) is 2.76. The van der Waals surface area contributed by atoms with Gasteiger partial charge >= 0.3 is 0 Å². The molecule has 9 heteroatoms. The van der Waals surface area contributed by atoms with Gasteiger partial charge in [-0.15, -0.1) is 36.2 Å².